The number of hydrogen-bond donors (Lipinski definition) is 3. The van der Waals surface area contributed by atoms with Crippen molar-refractivity contribution in [3.05, 3.63) is 28.9 Å². The number of aromatic amines is 1. The summed E-state index contributed by atoms with van der Waals surface area (Å²) in [5.74, 6) is 0.330. The molecule has 5 rings (SSSR count). The number of carbonyl (C=O) groups is 1. The lowest BCUT2D eigenvalue weighted by atomic mass is 9.67. The van der Waals surface area contributed by atoms with Crippen LogP contribution in [0.1, 0.15) is 64.0 Å². The number of benzene rings is 1. The number of fused-ring (bicyclic) bond motifs is 3. The number of urea groups is 1. The molecule has 1 saturated carbocycles. The number of piperidine rings is 1. The van der Waals surface area contributed by atoms with Gasteiger partial charge in [0.15, 0.2) is 0 Å². The van der Waals surface area contributed by atoms with Gasteiger partial charge >= 0.3 is 6.03 Å². The maximum absolute atomic E-state index is 12.7. The van der Waals surface area contributed by atoms with E-state index in [1.165, 1.54) is 0 Å². The molecule has 0 radical (unpaired) electrons. The van der Waals surface area contributed by atoms with Gasteiger partial charge in [-0.2, -0.15) is 5.10 Å². The molecule has 2 amide bonds. The summed E-state index contributed by atoms with van der Waals surface area (Å²) in [6, 6.07) is 4.76. The summed E-state index contributed by atoms with van der Waals surface area (Å²) in [6.45, 7) is 4.29. The number of hydrogen-bond acceptors (Lipinski definition) is 3. The van der Waals surface area contributed by atoms with Crippen molar-refractivity contribution in [2.24, 2.45) is 11.3 Å². The highest BCUT2D eigenvalue weighted by molar-refractivity contribution is 6.31. The number of aliphatic hydroxyl groups is 1. The lowest BCUT2D eigenvalue weighted by Crippen LogP contribution is -2.53. The lowest BCUT2D eigenvalue weighted by molar-refractivity contribution is -0.0276. The summed E-state index contributed by atoms with van der Waals surface area (Å²) < 4.78 is 0. The van der Waals surface area contributed by atoms with Gasteiger partial charge in [-0.15, -0.1) is 0 Å². The Labute approximate surface area is 176 Å². The van der Waals surface area contributed by atoms with E-state index in [2.05, 4.69) is 34.3 Å². The van der Waals surface area contributed by atoms with Gasteiger partial charge in [-0.1, -0.05) is 25.4 Å². The Morgan fingerprint density at radius 3 is 2.62 bits per heavy atom. The van der Waals surface area contributed by atoms with Crippen LogP contribution in [0.2, 0.25) is 5.02 Å². The highest BCUT2D eigenvalue weighted by Crippen LogP contribution is 2.51. The minimum atomic E-state index is -0.666. The molecule has 1 unspecified atom stereocenters. The van der Waals surface area contributed by atoms with Crippen LogP contribution in [0.15, 0.2) is 18.3 Å². The third kappa shape index (κ3) is 3.30. The van der Waals surface area contributed by atoms with Gasteiger partial charge in [-0.05, 0) is 62.0 Å². The minimum absolute atomic E-state index is 0.116. The van der Waals surface area contributed by atoms with Crippen molar-refractivity contribution in [3.63, 3.8) is 0 Å². The fraction of sp³-hybridized carbons (Fsp3) is 0.636. The second-order valence-electron chi connectivity index (χ2n) is 9.74. The van der Waals surface area contributed by atoms with Crippen LogP contribution < -0.4 is 5.32 Å². The predicted molar refractivity (Wildman–Crippen MR) is 113 cm³/mol. The van der Waals surface area contributed by atoms with E-state index in [1.54, 1.807) is 6.20 Å². The second-order valence-corrected chi connectivity index (χ2v) is 10.2. The van der Waals surface area contributed by atoms with E-state index in [0.29, 0.717) is 17.0 Å². The van der Waals surface area contributed by atoms with Crippen LogP contribution in [0.3, 0.4) is 0 Å². The number of halogens is 1. The van der Waals surface area contributed by atoms with Crippen LogP contribution in [0, 0.1) is 11.3 Å². The molecule has 2 saturated heterocycles. The zero-order chi connectivity index (χ0) is 20.3. The molecule has 1 aliphatic carbocycles. The standard InChI is InChI=1S/C22H29ClN4O2/c1-22(2,20(28)18-10-14(23)7-12-11-24-26-19(12)18)13-8-16-5-6-17(9-13)27(16)21(29)25-15-3-4-15/h7,10-11,13,15-17,20,28H,3-6,8-9H2,1-2H3,(H,24,26)(H,25,29)/t13-,16+,17-,20?. The summed E-state index contributed by atoms with van der Waals surface area (Å²) in [5, 5.41) is 23.3. The number of carbonyl (C=O) groups excluding carboxylic acids is 1. The van der Waals surface area contributed by atoms with Crippen LogP contribution in [0.25, 0.3) is 10.9 Å². The van der Waals surface area contributed by atoms with Crippen molar-refractivity contribution in [1.29, 1.82) is 0 Å². The maximum atomic E-state index is 12.7. The average molecular weight is 417 g/mol. The smallest absolute Gasteiger partial charge is 0.318 e. The minimum Gasteiger partial charge on any atom is -0.388 e. The van der Waals surface area contributed by atoms with Crippen LogP contribution in [-0.2, 0) is 0 Å². The molecule has 3 N–H and O–H groups in total. The summed E-state index contributed by atoms with van der Waals surface area (Å²) in [6.07, 6.45) is 7.29. The lowest BCUT2D eigenvalue weighted by Gasteiger charge is -2.47. The van der Waals surface area contributed by atoms with Gasteiger partial charge in [0.1, 0.15) is 0 Å². The highest BCUT2D eigenvalue weighted by Gasteiger charge is 2.49. The van der Waals surface area contributed by atoms with E-state index in [0.717, 1.165) is 55.0 Å². The number of nitrogens with one attached hydrogen (secondary N) is 2. The molecule has 3 fully saturated rings. The maximum Gasteiger partial charge on any atom is 0.318 e. The summed E-state index contributed by atoms with van der Waals surface area (Å²) in [5.41, 5.74) is 1.30. The molecule has 6 nitrogen and oxygen atoms in total. The van der Waals surface area contributed by atoms with Gasteiger partial charge in [-0.25, -0.2) is 4.79 Å². The first kappa shape index (κ1) is 19.2. The Bertz CT molecular complexity index is 924. The normalized spacial score (nSPS) is 28.0. The molecule has 3 heterocycles. The predicted octanol–water partition coefficient (Wildman–Crippen LogP) is 4.39. The van der Waals surface area contributed by atoms with Gasteiger partial charge < -0.3 is 15.3 Å². The summed E-state index contributed by atoms with van der Waals surface area (Å²) in [7, 11) is 0. The topological polar surface area (TPSA) is 81.2 Å². The summed E-state index contributed by atoms with van der Waals surface area (Å²) >= 11 is 6.31. The molecule has 1 aromatic heterocycles. The van der Waals surface area contributed by atoms with E-state index in [1.807, 2.05) is 12.1 Å². The number of aliphatic hydroxyl groups excluding tert-OH is 1. The molecule has 0 spiro atoms. The van der Waals surface area contributed by atoms with E-state index < -0.39 is 6.10 Å². The Hall–Kier alpha value is -1.79. The number of aromatic nitrogens is 2. The van der Waals surface area contributed by atoms with Gasteiger partial charge in [0.25, 0.3) is 0 Å². The van der Waals surface area contributed by atoms with Crippen molar-refractivity contribution < 1.29 is 9.90 Å². The first-order valence-electron chi connectivity index (χ1n) is 10.7. The van der Waals surface area contributed by atoms with E-state index in [-0.39, 0.29) is 23.5 Å². The van der Waals surface area contributed by atoms with E-state index in [4.69, 9.17) is 11.6 Å². The molecular formula is C22H29ClN4O2. The first-order chi connectivity index (χ1) is 13.8. The van der Waals surface area contributed by atoms with Crippen molar-refractivity contribution >= 4 is 28.5 Å². The molecular weight excluding hydrogens is 388 g/mol. The third-order valence-electron chi connectivity index (χ3n) is 7.47. The van der Waals surface area contributed by atoms with Crippen LogP contribution in [-0.4, -0.2) is 44.4 Å². The van der Waals surface area contributed by atoms with Crippen LogP contribution >= 0.6 is 11.6 Å². The number of nitrogens with zero attached hydrogens (tertiary/aromatic N) is 2. The quantitative estimate of drug-likeness (QED) is 0.691. The van der Waals surface area contributed by atoms with Crippen molar-refractivity contribution in [3.8, 4) is 0 Å². The first-order valence-corrected chi connectivity index (χ1v) is 11.1. The van der Waals surface area contributed by atoms with E-state index >= 15 is 0 Å². The van der Waals surface area contributed by atoms with Gasteiger partial charge in [0.2, 0.25) is 0 Å². The Kier molecular flexibility index (Phi) is 4.55. The molecule has 2 aromatic rings. The zero-order valence-electron chi connectivity index (χ0n) is 17.0. The molecule has 156 valence electrons. The molecule has 3 aliphatic rings. The number of H-pyrrole nitrogens is 1. The largest absolute Gasteiger partial charge is 0.388 e. The Morgan fingerprint density at radius 2 is 1.97 bits per heavy atom. The van der Waals surface area contributed by atoms with Gasteiger partial charge in [0, 0.05) is 34.1 Å². The van der Waals surface area contributed by atoms with Crippen LogP contribution in [0.4, 0.5) is 4.79 Å². The highest BCUT2D eigenvalue weighted by atomic mass is 35.5. The second kappa shape index (κ2) is 6.88. The summed E-state index contributed by atoms with van der Waals surface area (Å²) in [4.78, 5) is 14.8. The van der Waals surface area contributed by atoms with Crippen molar-refractivity contribution in [2.75, 3.05) is 0 Å². The molecule has 29 heavy (non-hydrogen) atoms. The monoisotopic (exact) mass is 416 g/mol. The van der Waals surface area contributed by atoms with Crippen molar-refractivity contribution in [2.45, 2.75) is 76.6 Å². The molecule has 7 heteroatoms. The molecule has 4 atom stereocenters. The fourth-order valence-electron chi connectivity index (χ4n) is 5.48. The fourth-order valence-corrected chi connectivity index (χ4v) is 5.71. The zero-order valence-corrected chi connectivity index (χ0v) is 17.7. The van der Waals surface area contributed by atoms with Crippen molar-refractivity contribution in [1.82, 2.24) is 20.4 Å². The van der Waals surface area contributed by atoms with Gasteiger partial charge in [0.05, 0.1) is 17.8 Å². The molecule has 2 aliphatic heterocycles. The third-order valence-corrected chi connectivity index (χ3v) is 7.69. The Morgan fingerprint density at radius 1 is 1.28 bits per heavy atom. The average Bonchev–Trinajstić information content (AvgIpc) is 3.30. The molecule has 2 bridgehead atoms. The number of amides is 2. The van der Waals surface area contributed by atoms with Crippen LogP contribution in [0.5, 0.6) is 0 Å². The van der Waals surface area contributed by atoms with E-state index in [9.17, 15) is 9.90 Å². The molecule has 1 aromatic carbocycles. The Balaban J connectivity index is 1.37. The SMILES string of the molecule is CC(C)(C(O)c1cc(Cl)cc2cn[nH]c12)[C@H]1C[C@H]2CC[C@@H](C1)N2C(=O)NC1CC1. The number of rotatable bonds is 4. The van der Waals surface area contributed by atoms with Gasteiger partial charge in [-0.3, -0.25) is 5.10 Å².